The molecule has 0 aromatic carbocycles. The van der Waals surface area contributed by atoms with Crippen LogP contribution in [0.4, 0.5) is 5.82 Å². The predicted molar refractivity (Wildman–Crippen MR) is 56.2 cm³/mol. The largest absolute Gasteiger partial charge is 0.368 e. The SMILES string of the molecule is COC(CNc1ccnc(=O)[nH]1)P(=O)(O)O. The van der Waals surface area contributed by atoms with E-state index in [4.69, 9.17) is 9.79 Å². The number of methoxy groups -OCH3 is 1. The highest BCUT2D eigenvalue weighted by molar-refractivity contribution is 7.52. The molecule has 90 valence electrons. The van der Waals surface area contributed by atoms with Crippen LogP contribution in [0.2, 0.25) is 0 Å². The summed E-state index contributed by atoms with van der Waals surface area (Å²) in [7, 11) is -3.12. The molecule has 0 fully saturated rings. The monoisotopic (exact) mass is 249 g/mol. The standard InChI is InChI=1S/C7H12N3O5P/c1-15-6(16(12,13)14)4-9-5-2-3-8-7(11)10-5/h2-3,6H,4H2,1H3,(H2,12,13,14)(H2,8,9,10,11). The zero-order chi connectivity index (χ0) is 12.2. The van der Waals surface area contributed by atoms with Gasteiger partial charge in [0.15, 0.2) is 5.85 Å². The van der Waals surface area contributed by atoms with Crippen molar-refractivity contribution in [1.82, 2.24) is 9.97 Å². The van der Waals surface area contributed by atoms with Gasteiger partial charge in [0.05, 0.1) is 6.54 Å². The van der Waals surface area contributed by atoms with Crippen molar-refractivity contribution >= 4 is 13.4 Å². The molecular formula is C7H12N3O5P. The van der Waals surface area contributed by atoms with Crippen LogP contribution < -0.4 is 11.0 Å². The van der Waals surface area contributed by atoms with Crippen LogP contribution in [0.1, 0.15) is 0 Å². The Morgan fingerprint density at radius 3 is 2.88 bits per heavy atom. The molecule has 0 amide bonds. The van der Waals surface area contributed by atoms with Crippen molar-refractivity contribution < 1.29 is 19.1 Å². The van der Waals surface area contributed by atoms with Crippen molar-refractivity contribution in [2.45, 2.75) is 5.85 Å². The molecule has 4 N–H and O–H groups in total. The zero-order valence-electron chi connectivity index (χ0n) is 8.45. The Bertz CT molecular complexity index is 442. The molecule has 1 atom stereocenters. The number of H-pyrrole nitrogens is 1. The van der Waals surface area contributed by atoms with Gasteiger partial charge in [-0.05, 0) is 6.07 Å². The van der Waals surface area contributed by atoms with E-state index in [9.17, 15) is 9.36 Å². The fourth-order valence-corrected chi connectivity index (χ4v) is 1.61. The first kappa shape index (κ1) is 12.9. The van der Waals surface area contributed by atoms with Crippen LogP contribution >= 0.6 is 7.60 Å². The molecule has 0 saturated heterocycles. The Kier molecular flexibility index (Phi) is 4.19. The number of rotatable bonds is 5. The van der Waals surface area contributed by atoms with Gasteiger partial charge in [0.1, 0.15) is 5.82 Å². The molecule has 16 heavy (non-hydrogen) atoms. The minimum absolute atomic E-state index is 0.124. The number of nitrogens with one attached hydrogen (secondary N) is 2. The van der Waals surface area contributed by atoms with Crippen LogP contribution in [0.3, 0.4) is 0 Å². The van der Waals surface area contributed by atoms with Crippen molar-refractivity contribution in [2.75, 3.05) is 19.0 Å². The Hall–Kier alpha value is -1.21. The van der Waals surface area contributed by atoms with E-state index in [2.05, 4.69) is 20.0 Å². The Balaban J connectivity index is 2.63. The number of nitrogens with zero attached hydrogens (tertiary/aromatic N) is 1. The summed E-state index contributed by atoms with van der Waals surface area (Å²) in [6, 6.07) is 1.47. The van der Waals surface area contributed by atoms with Gasteiger partial charge in [-0.15, -0.1) is 0 Å². The van der Waals surface area contributed by atoms with Crippen LogP contribution in [0.25, 0.3) is 0 Å². The van der Waals surface area contributed by atoms with Gasteiger partial charge in [0.2, 0.25) is 0 Å². The first-order chi connectivity index (χ1) is 7.43. The lowest BCUT2D eigenvalue weighted by atomic mass is 10.5. The van der Waals surface area contributed by atoms with Crippen LogP contribution in [0.5, 0.6) is 0 Å². The van der Waals surface area contributed by atoms with Gasteiger partial charge in [0.25, 0.3) is 0 Å². The number of anilines is 1. The molecule has 1 aromatic heterocycles. The average Bonchev–Trinajstić information content (AvgIpc) is 2.16. The lowest BCUT2D eigenvalue weighted by Crippen LogP contribution is -2.23. The second-order valence-electron chi connectivity index (χ2n) is 2.95. The molecule has 8 nitrogen and oxygen atoms in total. The van der Waals surface area contributed by atoms with E-state index in [1.54, 1.807) is 0 Å². The van der Waals surface area contributed by atoms with E-state index >= 15 is 0 Å². The molecule has 1 heterocycles. The number of aromatic amines is 1. The summed E-state index contributed by atoms with van der Waals surface area (Å²) in [4.78, 5) is 34.3. The van der Waals surface area contributed by atoms with E-state index in [1.165, 1.54) is 19.4 Å². The zero-order valence-corrected chi connectivity index (χ0v) is 9.35. The maximum atomic E-state index is 10.9. The average molecular weight is 249 g/mol. The molecule has 9 heteroatoms. The van der Waals surface area contributed by atoms with E-state index in [0.29, 0.717) is 5.82 Å². The van der Waals surface area contributed by atoms with Crippen LogP contribution in [-0.2, 0) is 9.30 Å². The summed E-state index contributed by atoms with van der Waals surface area (Å²) in [5, 5.41) is 2.63. The quantitative estimate of drug-likeness (QED) is 0.510. The van der Waals surface area contributed by atoms with E-state index in [0.717, 1.165) is 0 Å². The van der Waals surface area contributed by atoms with Crippen molar-refractivity contribution in [3.8, 4) is 0 Å². The van der Waals surface area contributed by atoms with Crippen molar-refractivity contribution in [3.05, 3.63) is 22.7 Å². The molecular weight excluding hydrogens is 237 g/mol. The minimum Gasteiger partial charge on any atom is -0.368 e. The number of hydrogen-bond acceptors (Lipinski definition) is 5. The third-order valence-electron chi connectivity index (χ3n) is 1.79. The smallest absolute Gasteiger partial charge is 0.355 e. The molecule has 0 aliphatic heterocycles. The fraction of sp³-hybridized carbons (Fsp3) is 0.429. The molecule has 0 bridgehead atoms. The second kappa shape index (κ2) is 5.22. The van der Waals surface area contributed by atoms with Gasteiger partial charge in [-0.25, -0.2) is 9.78 Å². The normalized spacial score (nSPS) is 13.4. The highest BCUT2D eigenvalue weighted by Crippen LogP contribution is 2.41. The maximum absolute atomic E-state index is 10.9. The van der Waals surface area contributed by atoms with Crippen LogP contribution in [-0.4, -0.2) is 39.3 Å². The summed E-state index contributed by atoms with van der Waals surface area (Å²) >= 11 is 0. The topological polar surface area (TPSA) is 125 Å². The van der Waals surface area contributed by atoms with Crippen molar-refractivity contribution in [1.29, 1.82) is 0 Å². The van der Waals surface area contributed by atoms with Gasteiger partial charge < -0.3 is 19.8 Å². The van der Waals surface area contributed by atoms with Crippen molar-refractivity contribution in [2.24, 2.45) is 0 Å². The maximum Gasteiger partial charge on any atom is 0.355 e. The predicted octanol–water partition coefficient (Wildman–Crippen LogP) is -0.668. The number of ether oxygens (including phenoxy) is 1. The number of aromatic nitrogens is 2. The Labute approximate surface area is 90.8 Å². The molecule has 0 saturated carbocycles. The van der Waals surface area contributed by atoms with Gasteiger partial charge >= 0.3 is 13.3 Å². The molecule has 1 rings (SSSR count). The fourth-order valence-electron chi connectivity index (χ4n) is 1.01. The lowest BCUT2D eigenvalue weighted by Gasteiger charge is -2.17. The molecule has 0 radical (unpaired) electrons. The lowest BCUT2D eigenvalue weighted by molar-refractivity contribution is 0.145. The third-order valence-corrected chi connectivity index (χ3v) is 2.93. The van der Waals surface area contributed by atoms with Gasteiger partial charge in [-0.3, -0.25) is 9.55 Å². The third kappa shape index (κ3) is 3.74. The van der Waals surface area contributed by atoms with E-state index in [-0.39, 0.29) is 6.54 Å². The summed E-state index contributed by atoms with van der Waals surface area (Å²) in [5.74, 6) is -0.945. The summed E-state index contributed by atoms with van der Waals surface area (Å²) in [6.45, 7) is -0.124. The Morgan fingerprint density at radius 2 is 2.38 bits per heavy atom. The van der Waals surface area contributed by atoms with Crippen molar-refractivity contribution in [3.63, 3.8) is 0 Å². The van der Waals surface area contributed by atoms with E-state index < -0.39 is 19.1 Å². The molecule has 0 spiro atoms. The molecule has 1 aromatic rings. The summed E-state index contributed by atoms with van der Waals surface area (Å²) in [5.41, 5.74) is -0.546. The number of hydrogen-bond donors (Lipinski definition) is 4. The first-order valence-electron chi connectivity index (χ1n) is 4.30. The van der Waals surface area contributed by atoms with Gasteiger partial charge in [-0.2, -0.15) is 0 Å². The van der Waals surface area contributed by atoms with Crippen LogP contribution in [0, 0.1) is 0 Å². The van der Waals surface area contributed by atoms with Gasteiger partial charge in [0, 0.05) is 13.3 Å². The highest BCUT2D eigenvalue weighted by atomic mass is 31.2. The van der Waals surface area contributed by atoms with E-state index in [1.807, 2.05) is 0 Å². The second-order valence-corrected chi connectivity index (χ2v) is 4.70. The molecule has 0 aliphatic carbocycles. The Morgan fingerprint density at radius 1 is 1.69 bits per heavy atom. The summed E-state index contributed by atoms with van der Waals surface area (Å²) < 4.78 is 15.5. The summed E-state index contributed by atoms with van der Waals surface area (Å²) in [6.07, 6.45) is 1.28. The first-order valence-corrected chi connectivity index (χ1v) is 5.99. The van der Waals surface area contributed by atoms with Gasteiger partial charge in [-0.1, -0.05) is 0 Å². The van der Waals surface area contributed by atoms with Crippen LogP contribution in [0.15, 0.2) is 17.1 Å². The highest BCUT2D eigenvalue weighted by Gasteiger charge is 2.28. The molecule has 1 unspecified atom stereocenters. The molecule has 0 aliphatic rings. The minimum atomic E-state index is -4.32.